The fourth-order valence-corrected chi connectivity index (χ4v) is 3.42. The number of carbonyl (C=O) groups excluding carboxylic acids is 1. The van der Waals surface area contributed by atoms with Gasteiger partial charge in [-0.05, 0) is 37.5 Å². The zero-order chi connectivity index (χ0) is 21.1. The number of halogens is 3. The summed E-state index contributed by atoms with van der Waals surface area (Å²) in [5.74, 6) is -0.380. The maximum atomic E-state index is 13.0. The Morgan fingerprint density at radius 3 is 2.61 bits per heavy atom. The summed E-state index contributed by atoms with van der Waals surface area (Å²) in [4.78, 5) is 16.7. The van der Waals surface area contributed by atoms with Crippen LogP contribution in [-0.4, -0.2) is 26.8 Å². The highest BCUT2D eigenvalue weighted by molar-refractivity contribution is 7.99. The van der Waals surface area contributed by atoms with E-state index in [1.54, 1.807) is 11.5 Å². The summed E-state index contributed by atoms with van der Waals surface area (Å²) < 4.78 is 40.8. The van der Waals surface area contributed by atoms with Crippen LogP contribution in [0.3, 0.4) is 0 Å². The molecule has 0 saturated heterocycles. The summed E-state index contributed by atoms with van der Waals surface area (Å²) in [6.07, 6.45) is -3.72. The number of alkyl halides is 3. The second-order valence-electron chi connectivity index (χ2n) is 7.05. The minimum absolute atomic E-state index is 0.0170. The van der Waals surface area contributed by atoms with E-state index in [0.29, 0.717) is 29.2 Å². The minimum atomic E-state index is -4.43. The lowest BCUT2D eigenvalue weighted by Crippen LogP contribution is -2.49. The molecule has 0 aliphatic carbocycles. The SMILES string of the molecule is CCCn1c(SCC(=O)N[C@@](C)(C#N)C(C)C)nc2ccc(C(F)(F)F)cc21. The van der Waals surface area contributed by atoms with E-state index in [-0.39, 0.29) is 17.6 Å². The Balaban J connectivity index is 2.26. The van der Waals surface area contributed by atoms with E-state index in [4.69, 9.17) is 0 Å². The highest BCUT2D eigenvalue weighted by Crippen LogP contribution is 2.33. The molecule has 0 radical (unpaired) electrons. The van der Waals surface area contributed by atoms with Crippen molar-refractivity contribution in [3.8, 4) is 6.07 Å². The molecular weight excluding hydrogens is 389 g/mol. The van der Waals surface area contributed by atoms with Crippen molar-refractivity contribution in [3.63, 3.8) is 0 Å². The molecule has 0 spiro atoms. The van der Waals surface area contributed by atoms with E-state index in [9.17, 15) is 23.2 Å². The Kier molecular flexibility index (Phi) is 6.65. The first kappa shape index (κ1) is 22.1. The van der Waals surface area contributed by atoms with Gasteiger partial charge in [-0.3, -0.25) is 4.79 Å². The fourth-order valence-electron chi connectivity index (χ4n) is 2.58. The van der Waals surface area contributed by atoms with Gasteiger partial charge in [0.2, 0.25) is 5.91 Å². The normalized spacial score (nSPS) is 14.1. The number of imidazole rings is 1. The number of hydrogen-bond donors (Lipinski definition) is 1. The first-order valence-electron chi connectivity index (χ1n) is 8.94. The summed E-state index contributed by atoms with van der Waals surface area (Å²) in [6.45, 7) is 7.75. The Labute approximate surface area is 166 Å². The molecule has 1 N–H and O–H groups in total. The zero-order valence-electron chi connectivity index (χ0n) is 16.2. The highest BCUT2D eigenvalue weighted by atomic mass is 32.2. The summed E-state index contributed by atoms with van der Waals surface area (Å²) in [5.41, 5.74) is -0.867. The molecule has 0 bridgehead atoms. The Morgan fingerprint density at radius 1 is 1.39 bits per heavy atom. The molecule has 9 heteroatoms. The van der Waals surface area contributed by atoms with Crippen molar-refractivity contribution < 1.29 is 18.0 Å². The van der Waals surface area contributed by atoms with Crippen LogP contribution in [-0.2, 0) is 17.5 Å². The molecule has 0 fully saturated rings. The van der Waals surface area contributed by atoms with Gasteiger partial charge in [0, 0.05) is 6.54 Å². The molecule has 0 aliphatic heterocycles. The van der Waals surface area contributed by atoms with Gasteiger partial charge in [0.25, 0.3) is 0 Å². The second kappa shape index (κ2) is 8.43. The molecule has 28 heavy (non-hydrogen) atoms. The van der Waals surface area contributed by atoms with Gasteiger partial charge in [-0.15, -0.1) is 0 Å². The monoisotopic (exact) mass is 412 g/mol. The molecule has 0 unspecified atom stereocenters. The Bertz CT molecular complexity index is 901. The van der Waals surface area contributed by atoms with Gasteiger partial charge in [-0.25, -0.2) is 4.98 Å². The van der Waals surface area contributed by atoms with E-state index < -0.39 is 17.3 Å². The molecule has 1 aromatic carbocycles. The zero-order valence-corrected chi connectivity index (χ0v) is 17.0. The van der Waals surface area contributed by atoms with E-state index in [1.165, 1.54) is 6.07 Å². The average molecular weight is 412 g/mol. The standard InChI is InChI=1S/C19H23F3N4OS/c1-5-8-26-15-9-13(19(20,21)22)6-7-14(15)24-17(26)28-10-16(27)25-18(4,11-23)12(2)3/h6-7,9,12H,5,8,10H2,1-4H3,(H,25,27)/t18-/m0/s1. The molecule has 0 saturated carbocycles. The van der Waals surface area contributed by atoms with Gasteiger partial charge in [-0.2, -0.15) is 18.4 Å². The lowest BCUT2D eigenvalue weighted by molar-refractivity contribution is -0.137. The van der Waals surface area contributed by atoms with Crippen LogP contribution in [0.4, 0.5) is 13.2 Å². The number of nitriles is 1. The van der Waals surface area contributed by atoms with Gasteiger partial charge < -0.3 is 9.88 Å². The number of nitrogens with one attached hydrogen (secondary N) is 1. The van der Waals surface area contributed by atoms with E-state index in [0.717, 1.165) is 23.9 Å². The van der Waals surface area contributed by atoms with Gasteiger partial charge in [0.1, 0.15) is 5.54 Å². The van der Waals surface area contributed by atoms with Gasteiger partial charge in [0.05, 0.1) is 28.4 Å². The third-order valence-electron chi connectivity index (χ3n) is 4.61. The molecule has 1 heterocycles. The van der Waals surface area contributed by atoms with Crippen LogP contribution >= 0.6 is 11.8 Å². The van der Waals surface area contributed by atoms with Crippen molar-refractivity contribution in [2.45, 2.75) is 57.5 Å². The quantitative estimate of drug-likeness (QED) is 0.674. The lowest BCUT2D eigenvalue weighted by atomic mass is 9.90. The number of amides is 1. The average Bonchev–Trinajstić information content (AvgIpc) is 2.96. The molecule has 2 rings (SSSR count). The summed E-state index contributed by atoms with van der Waals surface area (Å²) in [5, 5.41) is 12.5. The molecule has 1 atom stereocenters. The fraction of sp³-hybridized carbons (Fsp3) is 0.526. The number of benzene rings is 1. The van der Waals surface area contributed by atoms with Crippen LogP contribution < -0.4 is 5.32 Å². The summed E-state index contributed by atoms with van der Waals surface area (Å²) in [6, 6.07) is 5.56. The number of thioether (sulfide) groups is 1. The van der Waals surface area contributed by atoms with Crippen LogP contribution in [0.1, 0.15) is 39.7 Å². The third-order valence-corrected chi connectivity index (χ3v) is 5.58. The molecule has 1 aromatic heterocycles. The Morgan fingerprint density at radius 2 is 2.07 bits per heavy atom. The van der Waals surface area contributed by atoms with Gasteiger partial charge in [-0.1, -0.05) is 32.5 Å². The molecule has 1 amide bonds. The first-order valence-corrected chi connectivity index (χ1v) is 9.93. The van der Waals surface area contributed by atoms with Gasteiger partial charge >= 0.3 is 6.18 Å². The number of rotatable bonds is 7. The van der Waals surface area contributed by atoms with Crippen molar-refractivity contribution in [1.29, 1.82) is 5.26 Å². The Hall–Kier alpha value is -2.21. The third kappa shape index (κ3) is 4.79. The van der Waals surface area contributed by atoms with Gasteiger partial charge in [0.15, 0.2) is 5.16 Å². The van der Waals surface area contributed by atoms with Crippen molar-refractivity contribution in [2.24, 2.45) is 5.92 Å². The van der Waals surface area contributed by atoms with E-state index in [2.05, 4.69) is 16.4 Å². The summed E-state index contributed by atoms with van der Waals surface area (Å²) in [7, 11) is 0. The predicted octanol–water partition coefficient (Wildman–Crippen LogP) is 4.61. The molecule has 5 nitrogen and oxygen atoms in total. The highest BCUT2D eigenvalue weighted by Gasteiger charge is 2.32. The maximum absolute atomic E-state index is 13.0. The summed E-state index contributed by atoms with van der Waals surface area (Å²) >= 11 is 1.15. The number of hydrogen-bond acceptors (Lipinski definition) is 4. The largest absolute Gasteiger partial charge is 0.416 e. The van der Waals surface area contributed by atoms with E-state index >= 15 is 0 Å². The van der Waals surface area contributed by atoms with Crippen molar-refractivity contribution >= 4 is 28.7 Å². The van der Waals surface area contributed by atoms with Crippen LogP contribution in [0.15, 0.2) is 23.4 Å². The van der Waals surface area contributed by atoms with Crippen LogP contribution in [0.25, 0.3) is 11.0 Å². The van der Waals surface area contributed by atoms with Crippen molar-refractivity contribution in [3.05, 3.63) is 23.8 Å². The number of nitrogens with zero attached hydrogens (tertiary/aromatic N) is 3. The molecule has 152 valence electrons. The van der Waals surface area contributed by atoms with Crippen LogP contribution in [0.5, 0.6) is 0 Å². The molecule has 2 aromatic rings. The topological polar surface area (TPSA) is 70.7 Å². The van der Waals surface area contributed by atoms with E-state index in [1.807, 2.05) is 20.8 Å². The first-order chi connectivity index (χ1) is 13.0. The molecular formula is C19H23F3N4OS. The number of aromatic nitrogens is 2. The van der Waals surface area contributed by atoms with Crippen LogP contribution in [0.2, 0.25) is 0 Å². The molecule has 0 aliphatic rings. The smallest absolute Gasteiger partial charge is 0.337 e. The maximum Gasteiger partial charge on any atom is 0.416 e. The number of fused-ring (bicyclic) bond motifs is 1. The minimum Gasteiger partial charge on any atom is -0.337 e. The number of aryl methyl sites for hydroxylation is 1. The predicted molar refractivity (Wildman–Crippen MR) is 103 cm³/mol. The van der Waals surface area contributed by atoms with Crippen molar-refractivity contribution in [1.82, 2.24) is 14.9 Å². The van der Waals surface area contributed by atoms with Crippen LogP contribution in [0, 0.1) is 17.2 Å². The van der Waals surface area contributed by atoms with Crippen molar-refractivity contribution in [2.75, 3.05) is 5.75 Å². The second-order valence-corrected chi connectivity index (χ2v) is 8.00. The number of carbonyl (C=O) groups is 1. The lowest BCUT2D eigenvalue weighted by Gasteiger charge is -2.27.